The molecule has 108 valence electrons. The lowest BCUT2D eigenvalue weighted by Gasteiger charge is -2.22. The van der Waals surface area contributed by atoms with Gasteiger partial charge in [0, 0.05) is 18.3 Å². The molecule has 2 amide bonds. The second-order valence-corrected chi connectivity index (χ2v) is 5.90. The topological polar surface area (TPSA) is 78.4 Å². The molecular formula is C14H18N2O3S. The first-order valence-corrected chi connectivity index (χ1v) is 7.75. The van der Waals surface area contributed by atoms with Gasteiger partial charge in [0.15, 0.2) is 0 Å². The summed E-state index contributed by atoms with van der Waals surface area (Å²) in [6.45, 7) is 0.326. The molecule has 1 fully saturated rings. The van der Waals surface area contributed by atoms with Gasteiger partial charge in [-0.3, -0.25) is 0 Å². The number of carboxylic acids is 1. The van der Waals surface area contributed by atoms with Crippen molar-refractivity contribution in [3.05, 3.63) is 35.4 Å². The fourth-order valence-electron chi connectivity index (χ4n) is 2.09. The average molecular weight is 294 g/mol. The molecule has 1 aliphatic heterocycles. The molecule has 1 atom stereocenters. The van der Waals surface area contributed by atoms with Crippen LogP contribution >= 0.6 is 11.8 Å². The summed E-state index contributed by atoms with van der Waals surface area (Å²) in [6, 6.07) is 6.61. The number of benzene rings is 1. The minimum Gasteiger partial charge on any atom is -0.478 e. The smallest absolute Gasteiger partial charge is 0.335 e. The Hall–Kier alpha value is -1.69. The number of urea groups is 1. The Balaban J connectivity index is 1.80. The van der Waals surface area contributed by atoms with Gasteiger partial charge >= 0.3 is 12.0 Å². The number of carbonyl (C=O) groups excluding carboxylic acids is 1. The highest BCUT2D eigenvalue weighted by Crippen LogP contribution is 2.16. The zero-order valence-electron chi connectivity index (χ0n) is 11.1. The minimum absolute atomic E-state index is 0.196. The van der Waals surface area contributed by atoms with Gasteiger partial charge in [0.2, 0.25) is 0 Å². The third-order valence-corrected chi connectivity index (χ3v) is 4.34. The van der Waals surface area contributed by atoms with Gasteiger partial charge < -0.3 is 15.7 Å². The number of hydrogen-bond acceptors (Lipinski definition) is 3. The Kier molecular flexibility index (Phi) is 5.29. The van der Waals surface area contributed by atoms with Crippen molar-refractivity contribution in [3.8, 4) is 0 Å². The van der Waals surface area contributed by atoms with E-state index in [1.54, 1.807) is 18.2 Å². The normalized spacial score (nSPS) is 18.3. The first-order chi connectivity index (χ1) is 9.65. The average Bonchev–Trinajstić information content (AvgIpc) is 2.46. The van der Waals surface area contributed by atoms with E-state index in [1.165, 1.54) is 11.8 Å². The lowest BCUT2D eigenvalue weighted by atomic mass is 10.1. The molecule has 1 aromatic rings. The number of carbonyl (C=O) groups is 2. The molecule has 0 aliphatic carbocycles. The van der Waals surface area contributed by atoms with Crippen molar-refractivity contribution in [1.82, 2.24) is 10.6 Å². The lowest BCUT2D eigenvalue weighted by molar-refractivity contribution is 0.0696. The van der Waals surface area contributed by atoms with Crippen LogP contribution in [-0.2, 0) is 6.54 Å². The fourth-order valence-corrected chi connectivity index (χ4v) is 3.16. The van der Waals surface area contributed by atoms with Gasteiger partial charge in [-0.15, -0.1) is 0 Å². The molecule has 1 aromatic carbocycles. The van der Waals surface area contributed by atoms with Crippen LogP contribution in [0.1, 0.15) is 28.8 Å². The quantitative estimate of drug-likeness (QED) is 0.794. The largest absolute Gasteiger partial charge is 0.478 e. The zero-order chi connectivity index (χ0) is 14.4. The van der Waals surface area contributed by atoms with Crippen molar-refractivity contribution >= 4 is 23.8 Å². The predicted molar refractivity (Wildman–Crippen MR) is 79.1 cm³/mol. The zero-order valence-corrected chi connectivity index (χ0v) is 11.9. The monoisotopic (exact) mass is 294 g/mol. The van der Waals surface area contributed by atoms with E-state index in [0.717, 1.165) is 24.2 Å². The predicted octanol–water partition coefficient (Wildman–Crippen LogP) is 2.08. The van der Waals surface area contributed by atoms with E-state index in [-0.39, 0.29) is 17.6 Å². The number of thioether (sulfide) groups is 1. The first-order valence-electron chi connectivity index (χ1n) is 6.59. The summed E-state index contributed by atoms with van der Waals surface area (Å²) in [4.78, 5) is 22.6. The Bertz CT molecular complexity index is 487. The maximum Gasteiger partial charge on any atom is 0.335 e. The number of nitrogens with one attached hydrogen (secondary N) is 2. The molecule has 0 radical (unpaired) electrons. The molecule has 5 nitrogen and oxygen atoms in total. The van der Waals surface area contributed by atoms with E-state index >= 15 is 0 Å². The van der Waals surface area contributed by atoms with Crippen LogP contribution in [0.4, 0.5) is 4.79 Å². The summed E-state index contributed by atoms with van der Waals surface area (Å²) in [6.07, 6.45) is 2.16. The molecule has 3 N–H and O–H groups in total. The highest BCUT2D eigenvalue weighted by atomic mass is 32.2. The molecule has 2 rings (SSSR count). The van der Waals surface area contributed by atoms with E-state index in [2.05, 4.69) is 10.6 Å². The van der Waals surface area contributed by atoms with Crippen molar-refractivity contribution in [1.29, 1.82) is 0 Å². The molecule has 0 aromatic heterocycles. The van der Waals surface area contributed by atoms with Gasteiger partial charge in [-0.25, -0.2) is 9.59 Å². The van der Waals surface area contributed by atoms with Crippen molar-refractivity contribution in [2.75, 3.05) is 11.5 Å². The number of aromatic carboxylic acids is 1. The summed E-state index contributed by atoms with van der Waals surface area (Å²) >= 11 is 1.86. The van der Waals surface area contributed by atoms with Crippen LogP contribution in [-0.4, -0.2) is 34.7 Å². The highest BCUT2D eigenvalue weighted by molar-refractivity contribution is 7.99. The standard InChI is InChI=1S/C14H18N2O3S/c17-13(18)11-4-1-3-10(7-11)8-15-14(19)16-12-5-2-6-20-9-12/h1,3-4,7,12H,2,5-6,8-9H2,(H,17,18)(H2,15,16,19). The second-order valence-electron chi connectivity index (χ2n) is 4.75. The van der Waals surface area contributed by atoms with Gasteiger partial charge in [-0.1, -0.05) is 12.1 Å². The van der Waals surface area contributed by atoms with Crippen LogP contribution in [0.5, 0.6) is 0 Å². The Morgan fingerprint density at radius 1 is 1.40 bits per heavy atom. The molecule has 6 heteroatoms. The molecule has 1 saturated heterocycles. The third kappa shape index (κ3) is 4.45. The maximum absolute atomic E-state index is 11.8. The van der Waals surface area contributed by atoms with Crippen molar-refractivity contribution < 1.29 is 14.7 Å². The van der Waals surface area contributed by atoms with Crippen LogP contribution < -0.4 is 10.6 Å². The number of hydrogen-bond donors (Lipinski definition) is 3. The van der Waals surface area contributed by atoms with Crippen LogP contribution in [0.15, 0.2) is 24.3 Å². The van der Waals surface area contributed by atoms with Gasteiger partial charge in [-0.05, 0) is 36.3 Å². The molecule has 1 aliphatic rings. The summed E-state index contributed by atoms with van der Waals surface area (Å²) in [5, 5.41) is 14.6. The number of amides is 2. The van der Waals surface area contributed by atoms with Crippen LogP contribution in [0, 0.1) is 0 Å². The lowest BCUT2D eigenvalue weighted by Crippen LogP contribution is -2.44. The highest BCUT2D eigenvalue weighted by Gasteiger charge is 2.15. The Morgan fingerprint density at radius 2 is 2.25 bits per heavy atom. The molecule has 0 bridgehead atoms. The van der Waals surface area contributed by atoms with E-state index in [1.807, 2.05) is 11.8 Å². The van der Waals surface area contributed by atoms with Gasteiger partial charge in [0.25, 0.3) is 0 Å². The van der Waals surface area contributed by atoms with E-state index < -0.39 is 5.97 Å². The van der Waals surface area contributed by atoms with Crippen molar-refractivity contribution in [2.24, 2.45) is 0 Å². The number of rotatable bonds is 4. The fraction of sp³-hybridized carbons (Fsp3) is 0.429. The molecule has 0 spiro atoms. The molecular weight excluding hydrogens is 276 g/mol. The van der Waals surface area contributed by atoms with E-state index in [9.17, 15) is 9.59 Å². The van der Waals surface area contributed by atoms with Crippen LogP contribution in [0.2, 0.25) is 0 Å². The Labute approximate surface area is 122 Å². The van der Waals surface area contributed by atoms with Gasteiger partial charge in [-0.2, -0.15) is 11.8 Å². The molecule has 1 unspecified atom stereocenters. The third-order valence-electron chi connectivity index (χ3n) is 3.12. The van der Waals surface area contributed by atoms with Crippen molar-refractivity contribution in [3.63, 3.8) is 0 Å². The summed E-state index contributed by atoms with van der Waals surface area (Å²) in [5.74, 6) is 1.17. The molecule has 20 heavy (non-hydrogen) atoms. The van der Waals surface area contributed by atoms with Crippen LogP contribution in [0.25, 0.3) is 0 Å². The second kappa shape index (κ2) is 7.19. The van der Waals surface area contributed by atoms with Gasteiger partial charge in [0.05, 0.1) is 5.56 Å². The summed E-state index contributed by atoms with van der Waals surface area (Å²) in [7, 11) is 0. The summed E-state index contributed by atoms with van der Waals surface area (Å²) in [5.41, 5.74) is 1.01. The first kappa shape index (κ1) is 14.7. The van der Waals surface area contributed by atoms with Crippen LogP contribution in [0.3, 0.4) is 0 Å². The van der Waals surface area contributed by atoms with E-state index in [4.69, 9.17) is 5.11 Å². The van der Waals surface area contributed by atoms with Crippen molar-refractivity contribution in [2.45, 2.75) is 25.4 Å². The maximum atomic E-state index is 11.8. The SMILES string of the molecule is O=C(NCc1cccc(C(=O)O)c1)NC1CCCSC1. The van der Waals surface area contributed by atoms with Gasteiger partial charge in [0.1, 0.15) is 0 Å². The molecule has 0 saturated carbocycles. The molecule has 1 heterocycles. The van der Waals surface area contributed by atoms with E-state index in [0.29, 0.717) is 6.54 Å². The number of carboxylic acid groups (broad SMARTS) is 1. The summed E-state index contributed by atoms with van der Waals surface area (Å²) < 4.78 is 0. The Morgan fingerprint density at radius 3 is 2.95 bits per heavy atom. The minimum atomic E-state index is -0.962.